The molecule has 2 aliphatic heterocycles. The molecule has 132 valence electrons. The Kier molecular flexibility index (Phi) is 4.91. The molecule has 2 aromatic rings. The van der Waals surface area contributed by atoms with E-state index in [0.29, 0.717) is 37.9 Å². The fraction of sp³-hybridized carbons (Fsp3) is 0.211. The molecule has 0 radical (unpaired) electrons. The summed E-state index contributed by atoms with van der Waals surface area (Å²) in [6.07, 6.45) is 0. The van der Waals surface area contributed by atoms with Crippen molar-refractivity contribution in [2.24, 2.45) is 9.98 Å². The fourth-order valence-corrected chi connectivity index (χ4v) is 4.08. The lowest BCUT2D eigenvalue weighted by Gasteiger charge is -2.27. The van der Waals surface area contributed by atoms with Crippen LogP contribution >= 0.6 is 31.9 Å². The molecule has 2 aromatic carbocycles. The second-order valence-corrected chi connectivity index (χ2v) is 7.66. The topological polar surface area (TPSA) is 48.3 Å². The Bertz CT molecular complexity index is 852. The molecule has 0 saturated heterocycles. The number of rotatable bonds is 2. The van der Waals surface area contributed by atoms with Crippen LogP contribution in [0.3, 0.4) is 0 Å². The van der Waals surface area contributed by atoms with Gasteiger partial charge in [-0.15, -0.1) is 0 Å². The van der Waals surface area contributed by atoms with E-state index >= 15 is 0 Å². The maximum atomic E-state index is 13.3. The molecule has 5 nitrogen and oxygen atoms in total. The van der Waals surface area contributed by atoms with Gasteiger partial charge in [0.25, 0.3) is 0 Å². The SMILES string of the molecule is O=C(N1CCN=C1c1ccccc1Br)N1CCN=C1c1ccccc1Br. The van der Waals surface area contributed by atoms with E-state index in [1.807, 2.05) is 48.5 Å². The molecule has 0 fully saturated rings. The highest BCUT2D eigenvalue weighted by atomic mass is 79.9. The van der Waals surface area contributed by atoms with Crippen molar-refractivity contribution >= 4 is 49.6 Å². The molecule has 2 aliphatic rings. The van der Waals surface area contributed by atoms with E-state index in [1.165, 1.54) is 0 Å². The second kappa shape index (κ2) is 7.32. The van der Waals surface area contributed by atoms with Crippen LogP contribution in [0.25, 0.3) is 0 Å². The molecule has 0 bridgehead atoms. The average Bonchev–Trinajstić information content (AvgIpc) is 3.31. The number of benzene rings is 2. The Labute approximate surface area is 168 Å². The molecule has 0 N–H and O–H groups in total. The molecular weight excluding hydrogens is 460 g/mol. The van der Waals surface area contributed by atoms with Gasteiger partial charge in [0, 0.05) is 33.2 Å². The van der Waals surface area contributed by atoms with Crippen LogP contribution in [0.5, 0.6) is 0 Å². The molecule has 0 unspecified atom stereocenters. The van der Waals surface area contributed by atoms with Gasteiger partial charge < -0.3 is 0 Å². The maximum absolute atomic E-state index is 13.3. The molecule has 0 spiro atoms. The summed E-state index contributed by atoms with van der Waals surface area (Å²) >= 11 is 7.12. The first-order chi connectivity index (χ1) is 12.7. The van der Waals surface area contributed by atoms with Crippen molar-refractivity contribution in [1.29, 1.82) is 0 Å². The number of aliphatic imine (C=N–C) groups is 2. The Hall–Kier alpha value is -1.99. The van der Waals surface area contributed by atoms with E-state index in [1.54, 1.807) is 9.80 Å². The van der Waals surface area contributed by atoms with Crippen molar-refractivity contribution in [1.82, 2.24) is 9.80 Å². The van der Waals surface area contributed by atoms with E-state index in [2.05, 4.69) is 41.8 Å². The summed E-state index contributed by atoms with van der Waals surface area (Å²) < 4.78 is 1.86. The van der Waals surface area contributed by atoms with Crippen LogP contribution in [0, 0.1) is 0 Å². The Balaban J connectivity index is 1.64. The van der Waals surface area contributed by atoms with Gasteiger partial charge in [-0.3, -0.25) is 19.8 Å². The number of amidine groups is 2. The number of carbonyl (C=O) groups is 1. The first-order valence-corrected chi connectivity index (χ1v) is 9.93. The standard InChI is InChI=1S/C19H16Br2N4O/c20-15-7-3-1-5-13(15)17-22-9-11-24(17)19(26)25-12-10-23-18(25)14-6-2-4-8-16(14)21/h1-8H,9-12H2. The molecule has 2 heterocycles. The lowest BCUT2D eigenvalue weighted by atomic mass is 10.2. The lowest BCUT2D eigenvalue weighted by molar-refractivity contribution is 0.204. The van der Waals surface area contributed by atoms with Gasteiger partial charge in [0.05, 0.1) is 13.1 Å². The van der Waals surface area contributed by atoms with E-state index in [0.717, 1.165) is 20.1 Å². The van der Waals surface area contributed by atoms with Gasteiger partial charge in [-0.05, 0) is 12.1 Å². The molecule has 0 aliphatic carbocycles. The third-order valence-electron chi connectivity index (χ3n) is 4.37. The molecular formula is C19H16Br2N4O. The second-order valence-electron chi connectivity index (χ2n) is 5.96. The molecule has 0 aromatic heterocycles. The predicted octanol–water partition coefficient (Wildman–Crippen LogP) is 4.16. The van der Waals surface area contributed by atoms with Gasteiger partial charge in [0.15, 0.2) is 0 Å². The van der Waals surface area contributed by atoms with Crippen molar-refractivity contribution in [2.75, 3.05) is 26.2 Å². The summed E-state index contributed by atoms with van der Waals surface area (Å²) in [5.41, 5.74) is 1.86. The Morgan fingerprint density at radius 2 is 1.19 bits per heavy atom. The number of urea groups is 1. The lowest BCUT2D eigenvalue weighted by Crippen LogP contribution is -2.47. The van der Waals surface area contributed by atoms with Crippen LogP contribution in [-0.2, 0) is 0 Å². The van der Waals surface area contributed by atoms with Crippen LogP contribution in [0.2, 0.25) is 0 Å². The summed E-state index contributed by atoms with van der Waals surface area (Å²) in [4.78, 5) is 25.9. The van der Waals surface area contributed by atoms with Crippen LogP contribution in [0.15, 0.2) is 67.5 Å². The number of nitrogens with zero attached hydrogens (tertiary/aromatic N) is 4. The van der Waals surface area contributed by atoms with E-state index in [4.69, 9.17) is 0 Å². The first kappa shape index (κ1) is 17.4. The van der Waals surface area contributed by atoms with Gasteiger partial charge >= 0.3 is 6.03 Å². The zero-order valence-electron chi connectivity index (χ0n) is 13.9. The summed E-state index contributed by atoms with van der Waals surface area (Å²) in [6, 6.07) is 15.6. The number of carbonyl (C=O) groups excluding carboxylic acids is 1. The molecule has 0 saturated carbocycles. The third-order valence-corrected chi connectivity index (χ3v) is 5.76. The van der Waals surface area contributed by atoms with Crippen molar-refractivity contribution in [3.8, 4) is 0 Å². The van der Waals surface area contributed by atoms with Gasteiger partial charge in [-0.25, -0.2) is 4.79 Å². The van der Waals surface area contributed by atoms with Gasteiger partial charge in [0.2, 0.25) is 0 Å². The summed E-state index contributed by atoms with van der Waals surface area (Å²) in [5, 5.41) is 0. The molecule has 26 heavy (non-hydrogen) atoms. The van der Waals surface area contributed by atoms with Crippen LogP contribution in [0.1, 0.15) is 11.1 Å². The van der Waals surface area contributed by atoms with Crippen LogP contribution in [0.4, 0.5) is 4.79 Å². The molecule has 0 atom stereocenters. The zero-order chi connectivity index (χ0) is 18.1. The van der Waals surface area contributed by atoms with Crippen LogP contribution in [-0.4, -0.2) is 53.7 Å². The average molecular weight is 476 g/mol. The normalized spacial score (nSPS) is 16.7. The predicted molar refractivity (Wildman–Crippen MR) is 110 cm³/mol. The highest BCUT2D eigenvalue weighted by Crippen LogP contribution is 2.25. The smallest absolute Gasteiger partial charge is 0.276 e. The van der Waals surface area contributed by atoms with Gasteiger partial charge in [-0.2, -0.15) is 0 Å². The highest BCUT2D eigenvalue weighted by molar-refractivity contribution is 9.10. The van der Waals surface area contributed by atoms with Gasteiger partial charge in [0.1, 0.15) is 11.7 Å². The largest absolute Gasteiger partial charge is 0.331 e. The highest BCUT2D eigenvalue weighted by Gasteiger charge is 2.34. The fourth-order valence-electron chi connectivity index (χ4n) is 3.16. The number of hydrogen-bond donors (Lipinski definition) is 0. The number of halogens is 2. The quantitative estimate of drug-likeness (QED) is 0.643. The van der Waals surface area contributed by atoms with Gasteiger partial charge in [-0.1, -0.05) is 68.3 Å². The summed E-state index contributed by atoms with van der Waals surface area (Å²) in [5.74, 6) is 1.42. The van der Waals surface area contributed by atoms with E-state index in [-0.39, 0.29) is 6.03 Å². The summed E-state index contributed by atoms with van der Waals surface area (Å²) in [7, 11) is 0. The van der Waals surface area contributed by atoms with E-state index < -0.39 is 0 Å². The Morgan fingerprint density at radius 1 is 0.769 bits per heavy atom. The minimum atomic E-state index is -0.0796. The van der Waals surface area contributed by atoms with Crippen molar-refractivity contribution < 1.29 is 4.79 Å². The van der Waals surface area contributed by atoms with Crippen LogP contribution < -0.4 is 0 Å². The van der Waals surface area contributed by atoms with Crippen molar-refractivity contribution in [2.45, 2.75) is 0 Å². The minimum absolute atomic E-state index is 0.0796. The van der Waals surface area contributed by atoms with E-state index in [9.17, 15) is 4.79 Å². The van der Waals surface area contributed by atoms with Crippen molar-refractivity contribution in [3.63, 3.8) is 0 Å². The first-order valence-electron chi connectivity index (χ1n) is 8.34. The number of amides is 2. The summed E-state index contributed by atoms with van der Waals surface area (Å²) in [6.45, 7) is 2.37. The molecule has 2 amide bonds. The Morgan fingerprint density at radius 3 is 1.62 bits per heavy atom. The zero-order valence-corrected chi connectivity index (χ0v) is 17.1. The molecule has 4 rings (SSSR count). The third kappa shape index (κ3) is 3.10. The number of hydrogen-bond acceptors (Lipinski definition) is 3. The monoisotopic (exact) mass is 474 g/mol. The maximum Gasteiger partial charge on any atom is 0.331 e. The minimum Gasteiger partial charge on any atom is -0.276 e. The van der Waals surface area contributed by atoms with Crippen molar-refractivity contribution in [3.05, 3.63) is 68.6 Å². The molecule has 7 heteroatoms.